The number of carbonyl (C=O) groups excluding carboxylic acids is 5. The van der Waals surface area contributed by atoms with Crippen molar-refractivity contribution in [1.82, 2.24) is 24.9 Å². The van der Waals surface area contributed by atoms with Crippen molar-refractivity contribution in [2.75, 3.05) is 52.9 Å². The lowest BCUT2D eigenvalue weighted by Crippen LogP contribution is -2.52. The summed E-state index contributed by atoms with van der Waals surface area (Å²) in [5, 5.41) is 28.5. The topological polar surface area (TPSA) is 197 Å². The van der Waals surface area contributed by atoms with Crippen LogP contribution in [0.25, 0.3) is 21.5 Å². The van der Waals surface area contributed by atoms with E-state index in [2.05, 4.69) is 5.32 Å². The molecule has 4 aromatic rings. The van der Waals surface area contributed by atoms with Gasteiger partial charge >= 0.3 is 0 Å². The van der Waals surface area contributed by atoms with Crippen molar-refractivity contribution in [3.05, 3.63) is 103 Å². The van der Waals surface area contributed by atoms with Crippen molar-refractivity contribution in [3.63, 3.8) is 0 Å². The van der Waals surface area contributed by atoms with Gasteiger partial charge in [0.05, 0.1) is 15.9 Å². The summed E-state index contributed by atoms with van der Waals surface area (Å²) in [7, 11) is 1.67. The number of hydrogen-bond acceptors (Lipinski definition) is 11. The molecule has 0 aliphatic carbocycles. The van der Waals surface area contributed by atoms with Crippen molar-refractivity contribution < 1.29 is 33.8 Å². The standard InChI is InChI=1S/C39H41N7O9/c1-5-41(19-21-43-35(47)26-11-6-9-24-13-15-28(45(52)53)32(30(24)26)37(43)49)17-8-18-42(39(51)34(40-4)23(2)3)20-22-44-36(48)27-12-7-10-25-14-16-29(46(54)55)33(31(25)27)38(44)50/h6-7,9-16,23,34,40H,5,8,17-22H2,1-4H3. The smallest absolute Gasteiger partial charge is 0.282 e. The molecule has 16 nitrogen and oxygen atoms in total. The summed E-state index contributed by atoms with van der Waals surface area (Å²) >= 11 is 0. The minimum absolute atomic E-state index is 0.0231. The van der Waals surface area contributed by atoms with E-state index >= 15 is 0 Å². The van der Waals surface area contributed by atoms with E-state index in [4.69, 9.17) is 0 Å². The molecule has 6 rings (SSSR count). The van der Waals surface area contributed by atoms with E-state index in [1.54, 1.807) is 42.3 Å². The summed E-state index contributed by atoms with van der Waals surface area (Å²) in [6, 6.07) is 14.8. The first-order valence-electron chi connectivity index (χ1n) is 18.1. The molecular formula is C39H41N7O9. The van der Waals surface area contributed by atoms with Crippen LogP contribution in [-0.2, 0) is 4.79 Å². The largest absolute Gasteiger partial charge is 0.339 e. The summed E-state index contributed by atoms with van der Waals surface area (Å²) in [5.74, 6) is -3.01. The lowest BCUT2D eigenvalue weighted by Gasteiger charge is -2.33. The van der Waals surface area contributed by atoms with Crippen LogP contribution in [0, 0.1) is 26.1 Å². The molecule has 0 radical (unpaired) electrons. The van der Waals surface area contributed by atoms with Crippen molar-refractivity contribution in [2.24, 2.45) is 5.92 Å². The molecular weight excluding hydrogens is 710 g/mol. The third-order valence-corrected chi connectivity index (χ3v) is 10.4. The second kappa shape index (κ2) is 15.7. The summed E-state index contributed by atoms with van der Waals surface area (Å²) in [6.45, 7) is 6.90. The molecule has 286 valence electrons. The van der Waals surface area contributed by atoms with Gasteiger partial charge in [-0.3, -0.25) is 54.0 Å². The third kappa shape index (κ3) is 7.01. The monoisotopic (exact) mass is 751 g/mol. The summed E-state index contributed by atoms with van der Waals surface area (Å²) in [5.41, 5.74) is -0.657. The maximum Gasteiger partial charge on any atom is 0.282 e. The number of nitrogens with one attached hydrogen (secondary N) is 1. The van der Waals surface area contributed by atoms with Crippen LogP contribution < -0.4 is 5.32 Å². The zero-order chi connectivity index (χ0) is 39.7. The van der Waals surface area contributed by atoms with Crippen LogP contribution in [-0.4, -0.2) is 118 Å². The van der Waals surface area contributed by atoms with Gasteiger partial charge in [-0.15, -0.1) is 0 Å². The van der Waals surface area contributed by atoms with Crippen molar-refractivity contribution in [3.8, 4) is 0 Å². The predicted octanol–water partition coefficient (Wildman–Crippen LogP) is 4.49. The van der Waals surface area contributed by atoms with Crippen LogP contribution in [0.3, 0.4) is 0 Å². The zero-order valence-electron chi connectivity index (χ0n) is 30.9. The number of hydrogen-bond donors (Lipinski definition) is 1. The van der Waals surface area contributed by atoms with E-state index in [1.165, 1.54) is 30.3 Å². The number of nitro groups is 2. The fourth-order valence-electron chi connectivity index (χ4n) is 7.63. The third-order valence-electron chi connectivity index (χ3n) is 10.4. The molecule has 16 heteroatoms. The van der Waals surface area contributed by atoms with E-state index in [1.807, 2.05) is 25.7 Å². The van der Waals surface area contributed by atoms with Crippen molar-refractivity contribution >= 4 is 62.5 Å². The number of nitrogens with zero attached hydrogens (tertiary/aromatic N) is 6. The molecule has 2 heterocycles. The Morgan fingerprint density at radius 3 is 1.64 bits per heavy atom. The number of likely N-dealkylation sites (N-methyl/N-ethyl adjacent to an activating group) is 2. The minimum Gasteiger partial charge on any atom is -0.339 e. The number of amides is 5. The van der Waals surface area contributed by atoms with E-state index < -0.39 is 45.2 Å². The fraction of sp³-hybridized carbons (Fsp3) is 0.359. The summed E-state index contributed by atoms with van der Waals surface area (Å²) in [6.07, 6.45) is 0.444. The highest BCUT2D eigenvalue weighted by Crippen LogP contribution is 2.37. The fourth-order valence-corrected chi connectivity index (χ4v) is 7.63. The van der Waals surface area contributed by atoms with Crippen LogP contribution >= 0.6 is 0 Å². The quantitative estimate of drug-likeness (QED) is 0.0963. The molecule has 2 aliphatic rings. The van der Waals surface area contributed by atoms with Gasteiger partial charge in [0.25, 0.3) is 35.0 Å². The van der Waals surface area contributed by atoms with Crippen LogP contribution in [0.1, 0.15) is 68.6 Å². The summed E-state index contributed by atoms with van der Waals surface area (Å²) in [4.78, 5) is 96.6. The molecule has 0 fully saturated rings. The van der Waals surface area contributed by atoms with Crippen molar-refractivity contribution in [1.29, 1.82) is 0 Å². The van der Waals surface area contributed by atoms with Crippen LogP contribution in [0.5, 0.6) is 0 Å². The molecule has 55 heavy (non-hydrogen) atoms. The van der Waals surface area contributed by atoms with Crippen LogP contribution in [0.4, 0.5) is 11.4 Å². The van der Waals surface area contributed by atoms with Crippen LogP contribution in [0.15, 0.2) is 60.7 Å². The average Bonchev–Trinajstić information content (AvgIpc) is 3.16. The van der Waals surface area contributed by atoms with E-state index in [9.17, 15) is 44.2 Å². The maximum atomic E-state index is 13.9. The van der Waals surface area contributed by atoms with Gasteiger partial charge in [0.2, 0.25) is 5.91 Å². The molecule has 5 amide bonds. The Balaban J connectivity index is 1.16. The van der Waals surface area contributed by atoms with Gasteiger partial charge in [0, 0.05) is 66.8 Å². The average molecular weight is 752 g/mol. The van der Waals surface area contributed by atoms with Gasteiger partial charge in [-0.2, -0.15) is 0 Å². The first-order valence-corrected chi connectivity index (χ1v) is 18.1. The molecule has 0 saturated carbocycles. The Kier molecular flexibility index (Phi) is 11.0. The number of rotatable bonds is 16. The first kappa shape index (κ1) is 38.6. The summed E-state index contributed by atoms with van der Waals surface area (Å²) < 4.78 is 0. The molecule has 1 atom stereocenters. The Labute approximate surface area is 315 Å². The van der Waals surface area contributed by atoms with Gasteiger partial charge < -0.3 is 15.1 Å². The second-order valence-electron chi connectivity index (χ2n) is 13.9. The molecule has 1 unspecified atom stereocenters. The Bertz CT molecular complexity index is 2270. The zero-order valence-corrected chi connectivity index (χ0v) is 30.9. The molecule has 0 aromatic heterocycles. The molecule has 0 spiro atoms. The Morgan fingerprint density at radius 1 is 0.709 bits per heavy atom. The minimum atomic E-state index is -0.800. The predicted molar refractivity (Wildman–Crippen MR) is 203 cm³/mol. The van der Waals surface area contributed by atoms with Gasteiger partial charge in [-0.25, -0.2) is 0 Å². The molecule has 4 aromatic carbocycles. The SMILES string of the molecule is CCN(CCCN(CCN1C(=O)c2cccc3ccc([N+](=O)[O-])c(c23)C1=O)C(=O)C(NC)C(C)C)CCN1C(=O)c2cccc3ccc([N+](=O)[O-])c(c23)C1=O. The van der Waals surface area contributed by atoms with Gasteiger partial charge in [-0.05, 0) is 67.5 Å². The highest BCUT2D eigenvalue weighted by Gasteiger charge is 2.40. The van der Waals surface area contributed by atoms with E-state index in [-0.39, 0.29) is 83.3 Å². The van der Waals surface area contributed by atoms with Gasteiger partial charge in [-0.1, -0.05) is 45.0 Å². The number of nitro benzene ring substituents is 2. The number of imide groups is 2. The Morgan fingerprint density at radius 2 is 1.20 bits per heavy atom. The maximum absolute atomic E-state index is 13.9. The normalized spacial score (nSPS) is 14.4. The van der Waals surface area contributed by atoms with Gasteiger partial charge in [0.15, 0.2) is 0 Å². The number of carbonyl (C=O) groups is 5. The molecule has 0 bridgehead atoms. The second-order valence-corrected chi connectivity index (χ2v) is 13.9. The lowest BCUT2D eigenvalue weighted by atomic mass is 9.92. The van der Waals surface area contributed by atoms with Crippen molar-refractivity contribution in [2.45, 2.75) is 33.2 Å². The highest BCUT2D eigenvalue weighted by molar-refractivity contribution is 6.28. The molecule has 2 aliphatic heterocycles. The van der Waals surface area contributed by atoms with Gasteiger partial charge in [0.1, 0.15) is 11.1 Å². The van der Waals surface area contributed by atoms with E-state index in [0.717, 1.165) is 9.80 Å². The molecule has 0 saturated heterocycles. The van der Waals surface area contributed by atoms with E-state index in [0.29, 0.717) is 30.3 Å². The molecule has 1 N–H and O–H groups in total. The highest BCUT2D eigenvalue weighted by atomic mass is 16.6. The lowest BCUT2D eigenvalue weighted by molar-refractivity contribution is -0.385. The Hall–Kier alpha value is -6.13. The first-order chi connectivity index (χ1) is 26.3. The van der Waals surface area contributed by atoms with Crippen LogP contribution in [0.2, 0.25) is 0 Å². The number of benzene rings is 4.